The predicted molar refractivity (Wildman–Crippen MR) is 82.1 cm³/mol. The zero-order valence-corrected chi connectivity index (χ0v) is 12.5. The van der Waals surface area contributed by atoms with E-state index in [1.54, 1.807) is 5.51 Å². The lowest BCUT2D eigenvalue weighted by Crippen LogP contribution is -2.54. The third kappa shape index (κ3) is 2.36. The van der Waals surface area contributed by atoms with E-state index in [0.29, 0.717) is 17.7 Å². The first-order valence-electron chi connectivity index (χ1n) is 7.27. The normalized spacial score (nSPS) is 24.7. The Morgan fingerprint density at radius 2 is 2.10 bits per heavy atom. The lowest BCUT2D eigenvalue weighted by atomic mass is 9.91. The van der Waals surface area contributed by atoms with E-state index in [-0.39, 0.29) is 5.91 Å². The topological polar surface area (TPSA) is 36.4 Å². The molecular weight excluding hydrogens is 282 g/mol. The van der Waals surface area contributed by atoms with E-state index in [2.05, 4.69) is 34.1 Å². The van der Waals surface area contributed by atoms with Crippen molar-refractivity contribution >= 4 is 17.2 Å². The lowest BCUT2D eigenvalue weighted by molar-refractivity contribution is 0.0433. The van der Waals surface area contributed by atoms with Crippen LogP contribution >= 0.6 is 11.3 Å². The van der Waals surface area contributed by atoms with Gasteiger partial charge >= 0.3 is 0 Å². The van der Waals surface area contributed by atoms with Crippen molar-refractivity contribution < 1.29 is 4.79 Å². The molecule has 1 amide bonds. The number of amides is 1. The van der Waals surface area contributed by atoms with Crippen molar-refractivity contribution in [1.29, 1.82) is 0 Å². The molecule has 2 aliphatic rings. The monoisotopic (exact) mass is 299 g/mol. The van der Waals surface area contributed by atoms with Gasteiger partial charge in [0.1, 0.15) is 5.69 Å². The standard InChI is InChI=1S/C16H17N3OS/c20-16(14-10-21-11-17-14)19-8-13-7-18(15(13)9-19)6-12-4-2-1-3-5-12/h1-5,10-11,13,15H,6-9H2/t13-,15-/m0/s1. The fraction of sp³-hybridized carbons (Fsp3) is 0.375. The molecule has 0 spiro atoms. The summed E-state index contributed by atoms with van der Waals surface area (Å²) in [6.45, 7) is 3.81. The molecule has 2 saturated heterocycles. The first-order chi connectivity index (χ1) is 10.3. The van der Waals surface area contributed by atoms with Gasteiger partial charge in [-0.05, 0) is 5.56 Å². The zero-order chi connectivity index (χ0) is 14.2. The first-order valence-corrected chi connectivity index (χ1v) is 8.21. The Morgan fingerprint density at radius 1 is 1.24 bits per heavy atom. The van der Waals surface area contributed by atoms with Crippen molar-refractivity contribution in [3.63, 3.8) is 0 Å². The Kier molecular flexibility index (Phi) is 3.24. The number of likely N-dealkylation sites (tertiary alicyclic amines) is 2. The van der Waals surface area contributed by atoms with Crippen LogP contribution in [0, 0.1) is 5.92 Å². The lowest BCUT2D eigenvalue weighted by Gasteiger charge is -2.43. The van der Waals surface area contributed by atoms with Gasteiger partial charge in [-0.1, -0.05) is 30.3 Å². The van der Waals surface area contributed by atoms with Gasteiger partial charge in [0.15, 0.2) is 0 Å². The molecular formula is C16H17N3OS. The van der Waals surface area contributed by atoms with Gasteiger partial charge in [0.2, 0.25) is 0 Å². The average Bonchev–Trinajstić information content (AvgIpc) is 3.13. The third-order valence-corrected chi connectivity index (χ3v) is 5.10. The molecule has 4 rings (SSSR count). The van der Waals surface area contributed by atoms with Gasteiger partial charge < -0.3 is 4.90 Å². The Hall–Kier alpha value is -1.72. The molecule has 1 aromatic carbocycles. The number of fused-ring (bicyclic) bond motifs is 1. The minimum atomic E-state index is 0.0883. The second-order valence-corrected chi connectivity index (χ2v) is 6.54. The molecule has 2 aliphatic heterocycles. The summed E-state index contributed by atoms with van der Waals surface area (Å²) >= 11 is 1.48. The molecule has 0 unspecified atom stereocenters. The number of hydrogen-bond acceptors (Lipinski definition) is 4. The molecule has 0 N–H and O–H groups in total. The number of rotatable bonds is 3. The van der Waals surface area contributed by atoms with Crippen LogP contribution in [0.25, 0.3) is 0 Å². The summed E-state index contributed by atoms with van der Waals surface area (Å²) in [7, 11) is 0. The van der Waals surface area contributed by atoms with Crippen LogP contribution in [-0.2, 0) is 6.54 Å². The SMILES string of the molecule is O=C(c1cscn1)N1C[C@@H]2CN(Cc3ccccc3)[C@H]2C1. The smallest absolute Gasteiger partial charge is 0.273 e. The number of benzene rings is 1. The number of carbonyl (C=O) groups excluding carboxylic acids is 1. The van der Waals surface area contributed by atoms with Crippen molar-refractivity contribution in [2.75, 3.05) is 19.6 Å². The number of thiazole rings is 1. The van der Waals surface area contributed by atoms with Crippen LogP contribution in [-0.4, -0.2) is 46.4 Å². The van der Waals surface area contributed by atoms with Gasteiger partial charge in [-0.25, -0.2) is 4.98 Å². The second kappa shape index (κ2) is 5.24. The van der Waals surface area contributed by atoms with Crippen LogP contribution in [0.3, 0.4) is 0 Å². The molecule has 2 aromatic rings. The van der Waals surface area contributed by atoms with Crippen LogP contribution in [0.2, 0.25) is 0 Å². The van der Waals surface area contributed by atoms with Crippen molar-refractivity contribution in [2.45, 2.75) is 12.6 Å². The van der Waals surface area contributed by atoms with Crippen LogP contribution in [0.1, 0.15) is 16.1 Å². The van der Waals surface area contributed by atoms with Crippen LogP contribution in [0.5, 0.6) is 0 Å². The predicted octanol–water partition coefficient (Wildman–Crippen LogP) is 2.10. The molecule has 3 heterocycles. The van der Waals surface area contributed by atoms with Crippen molar-refractivity contribution in [3.8, 4) is 0 Å². The highest BCUT2D eigenvalue weighted by atomic mass is 32.1. The minimum Gasteiger partial charge on any atom is -0.335 e. The summed E-state index contributed by atoms with van der Waals surface area (Å²) in [6, 6.07) is 11.1. The maximum atomic E-state index is 12.3. The summed E-state index contributed by atoms with van der Waals surface area (Å²) in [4.78, 5) is 20.9. The highest BCUT2D eigenvalue weighted by Crippen LogP contribution is 2.34. The largest absolute Gasteiger partial charge is 0.335 e. The quantitative estimate of drug-likeness (QED) is 0.871. The molecule has 21 heavy (non-hydrogen) atoms. The van der Waals surface area contributed by atoms with E-state index in [4.69, 9.17) is 0 Å². The molecule has 0 aliphatic carbocycles. The molecule has 0 saturated carbocycles. The molecule has 5 heteroatoms. The van der Waals surface area contributed by atoms with Gasteiger partial charge in [-0.15, -0.1) is 11.3 Å². The molecule has 4 nitrogen and oxygen atoms in total. The van der Waals surface area contributed by atoms with E-state index < -0.39 is 0 Å². The fourth-order valence-electron chi connectivity index (χ4n) is 3.39. The van der Waals surface area contributed by atoms with Crippen molar-refractivity contribution in [1.82, 2.24) is 14.8 Å². The van der Waals surface area contributed by atoms with Gasteiger partial charge in [-0.2, -0.15) is 0 Å². The van der Waals surface area contributed by atoms with E-state index >= 15 is 0 Å². The summed E-state index contributed by atoms with van der Waals surface area (Å²) in [5.74, 6) is 0.724. The van der Waals surface area contributed by atoms with Crippen LogP contribution < -0.4 is 0 Å². The van der Waals surface area contributed by atoms with Gasteiger partial charge in [-0.3, -0.25) is 9.69 Å². The third-order valence-electron chi connectivity index (χ3n) is 4.51. The van der Waals surface area contributed by atoms with Crippen LogP contribution in [0.4, 0.5) is 0 Å². The Labute approximate surface area is 128 Å². The van der Waals surface area contributed by atoms with Crippen molar-refractivity contribution in [3.05, 3.63) is 52.5 Å². The Balaban J connectivity index is 1.40. The molecule has 108 valence electrons. The van der Waals surface area contributed by atoms with Gasteiger partial charge in [0.05, 0.1) is 5.51 Å². The minimum absolute atomic E-state index is 0.0883. The fourth-order valence-corrected chi connectivity index (χ4v) is 3.92. The van der Waals surface area contributed by atoms with Crippen molar-refractivity contribution in [2.24, 2.45) is 5.92 Å². The second-order valence-electron chi connectivity index (χ2n) is 5.83. The van der Waals surface area contributed by atoms with E-state index in [1.165, 1.54) is 16.9 Å². The molecule has 2 atom stereocenters. The number of aromatic nitrogens is 1. The van der Waals surface area contributed by atoms with E-state index in [0.717, 1.165) is 26.2 Å². The zero-order valence-electron chi connectivity index (χ0n) is 11.7. The first kappa shape index (κ1) is 13.0. The molecule has 0 bridgehead atoms. The van der Waals surface area contributed by atoms with E-state index in [9.17, 15) is 4.79 Å². The number of carbonyl (C=O) groups is 1. The number of hydrogen-bond donors (Lipinski definition) is 0. The highest BCUT2D eigenvalue weighted by molar-refractivity contribution is 7.07. The molecule has 1 aromatic heterocycles. The summed E-state index contributed by atoms with van der Waals surface area (Å²) < 4.78 is 0. The maximum absolute atomic E-state index is 12.3. The Morgan fingerprint density at radius 3 is 2.86 bits per heavy atom. The van der Waals surface area contributed by atoms with E-state index in [1.807, 2.05) is 16.3 Å². The molecule has 0 radical (unpaired) electrons. The van der Waals surface area contributed by atoms with Gasteiger partial charge in [0.25, 0.3) is 5.91 Å². The molecule has 2 fully saturated rings. The summed E-state index contributed by atoms with van der Waals surface area (Å²) in [6.07, 6.45) is 0. The number of nitrogens with zero attached hydrogens (tertiary/aromatic N) is 3. The maximum Gasteiger partial charge on any atom is 0.273 e. The Bertz CT molecular complexity index is 628. The van der Waals surface area contributed by atoms with Crippen LogP contribution in [0.15, 0.2) is 41.2 Å². The highest BCUT2D eigenvalue weighted by Gasteiger charge is 2.46. The summed E-state index contributed by atoms with van der Waals surface area (Å²) in [5, 5.41) is 1.84. The average molecular weight is 299 g/mol. The van der Waals surface area contributed by atoms with Gasteiger partial charge in [0, 0.05) is 43.5 Å². The summed E-state index contributed by atoms with van der Waals surface area (Å²) in [5.41, 5.74) is 3.66.